The first-order valence-corrected chi connectivity index (χ1v) is 5.78. The van der Waals surface area contributed by atoms with Crippen LogP contribution in [0.15, 0.2) is 30.3 Å². The summed E-state index contributed by atoms with van der Waals surface area (Å²) in [5.74, 6) is 0.154. The Morgan fingerprint density at radius 1 is 1.38 bits per heavy atom. The number of hydrogen-bond acceptors (Lipinski definition) is 2. The molecule has 2 saturated heterocycles. The zero-order valence-electron chi connectivity index (χ0n) is 9.11. The number of benzene rings is 1. The van der Waals surface area contributed by atoms with E-state index in [1.165, 1.54) is 5.56 Å². The zero-order valence-corrected chi connectivity index (χ0v) is 9.11. The van der Waals surface area contributed by atoms with Crippen LogP contribution in [-0.2, 0) is 16.0 Å². The van der Waals surface area contributed by atoms with E-state index in [0.29, 0.717) is 0 Å². The summed E-state index contributed by atoms with van der Waals surface area (Å²) in [6.07, 6.45) is 2.66. The van der Waals surface area contributed by atoms with Gasteiger partial charge in [-0.2, -0.15) is 0 Å². The molecule has 16 heavy (non-hydrogen) atoms. The van der Waals surface area contributed by atoms with Gasteiger partial charge in [0.2, 0.25) is 5.91 Å². The Hall–Kier alpha value is -1.35. The first kappa shape index (κ1) is 9.85. The minimum absolute atomic E-state index is 0.0612. The fraction of sp³-hybridized carbons (Fsp3) is 0.462. The minimum Gasteiger partial charge on any atom is -0.357 e. The van der Waals surface area contributed by atoms with Crippen molar-refractivity contribution in [2.75, 3.05) is 6.61 Å². The van der Waals surface area contributed by atoms with E-state index in [1.807, 2.05) is 18.2 Å². The van der Waals surface area contributed by atoms with E-state index < -0.39 is 0 Å². The molecule has 0 saturated carbocycles. The van der Waals surface area contributed by atoms with Crippen molar-refractivity contribution in [3.05, 3.63) is 35.9 Å². The molecule has 1 aromatic rings. The van der Waals surface area contributed by atoms with Crippen LogP contribution >= 0.6 is 0 Å². The molecule has 2 atom stereocenters. The lowest BCUT2D eigenvalue weighted by Gasteiger charge is -2.51. The summed E-state index contributed by atoms with van der Waals surface area (Å²) < 4.78 is 5.59. The highest BCUT2D eigenvalue weighted by Crippen LogP contribution is 2.42. The SMILES string of the molecule is O=C1N[C@H]2OCCC[C@@]12Cc1ccccc1. The second-order valence-electron chi connectivity index (χ2n) is 4.65. The molecule has 0 unspecified atom stereocenters. The fourth-order valence-electron chi connectivity index (χ4n) is 2.70. The van der Waals surface area contributed by atoms with Crippen LogP contribution in [-0.4, -0.2) is 18.7 Å². The number of β-lactam (4-membered cyclic amide) rings is 1. The van der Waals surface area contributed by atoms with Crippen LogP contribution in [0.2, 0.25) is 0 Å². The van der Waals surface area contributed by atoms with Crippen LogP contribution in [0.3, 0.4) is 0 Å². The van der Waals surface area contributed by atoms with E-state index in [4.69, 9.17) is 4.74 Å². The Labute approximate surface area is 94.8 Å². The molecule has 2 aliphatic heterocycles. The summed E-state index contributed by atoms with van der Waals surface area (Å²) in [6, 6.07) is 10.2. The molecule has 84 valence electrons. The highest BCUT2D eigenvalue weighted by Gasteiger charge is 2.56. The summed E-state index contributed by atoms with van der Waals surface area (Å²) in [6.45, 7) is 0.765. The molecule has 2 fully saturated rings. The predicted octanol–water partition coefficient (Wildman–Crippen LogP) is 1.48. The van der Waals surface area contributed by atoms with Crippen LogP contribution in [0.1, 0.15) is 18.4 Å². The van der Waals surface area contributed by atoms with Gasteiger partial charge in [-0.1, -0.05) is 30.3 Å². The summed E-state index contributed by atoms with van der Waals surface area (Å²) >= 11 is 0. The van der Waals surface area contributed by atoms with E-state index in [9.17, 15) is 4.79 Å². The maximum Gasteiger partial charge on any atom is 0.233 e. The third-order valence-electron chi connectivity index (χ3n) is 3.63. The standard InChI is InChI=1S/C13H15NO2/c15-11-13(7-4-8-16-12(13)14-11)9-10-5-2-1-3-6-10/h1-3,5-6,12H,4,7-9H2,(H,14,15)/t12-,13+/m0/s1. The lowest BCUT2D eigenvalue weighted by atomic mass is 9.69. The van der Waals surface area contributed by atoms with Gasteiger partial charge < -0.3 is 10.1 Å². The van der Waals surface area contributed by atoms with Gasteiger partial charge in [0, 0.05) is 6.61 Å². The number of carbonyl (C=O) groups excluding carboxylic acids is 1. The lowest BCUT2D eigenvalue weighted by molar-refractivity contribution is -0.187. The molecule has 0 spiro atoms. The van der Waals surface area contributed by atoms with Gasteiger partial charge in [-0.25, -0.2) is 0 Å². The van der Waals surface area contributed by atoms with Crippen LogP contribution in [0, 0.1) is 5.41 Å². The second-order valence-corrected chi connectivity index (χ2v) is 4.65. The highest BCUT2D eigenvalue weighted by molar-refractivity contribution is 5.90. The average molecular weight is 217 g/mol. The van der Waals surface area contributed by atoms with Gasteiger partial charge in [0.05, 0.1) is 5.41 Å². The molecular weight excluding hydrogens is 202 g/mol. The van der Waals surface area contributed by atoms with Crippen molar-refractivity contribution >= 4 is 5.91 Å². The van der Waals surface area contributed by atoms with Crippen molar-refractivity contribution < 1.29 is 9.53 Å². The predicted molar refractivity (Wildman–Crippen MR) is 59.7 cm³/mol. The van der Waals surface area contributed by atoms with E-state index in [1.54, 1.807) is 0 Å². The molecule has 3 heteroatoms. The molecule has 1 amide bonds. The topological polar surface area (TPSA) is 38.3 Å². The largest absolute Gasteiger partial charge is 0.357 e. The monoisotopic (exact) mass is 217 g/mol. The highest BCUT2D eigenvalue weighted by atomic mass is 16.5. The second kappa shape index (κ2) is 3.59. The minimum atomic E-state index is -0.292. The third kappa shape index (κ3) is 1.35. The smallest absolute Gasteiger partial charge is 0.233 e. The number of fused-ring (bicyclic) bond motifs is 1. The molecule has 0 radical (unpaired) electrons. The molecular formula is C13H15NO2. The van der Waals surface area contributed by atoms with Gasteiger partial charge >= 0.3 is 0 Å². The normalized spacial score (nSPS) is 32.5. The van der Waals surface area contributed by atoms with Crippen LogP contribution in [0.25, 0.3) is 0 Å². The van der Waals surface area contributed by atoms with Crippen LogP contribution in [0.4, 0.5) is 0 Å². The van der Waals surface area contributed by atoms with E-state index in [2.05, 4.69) is 17.4 Å². The number of carbonyl (C=O) groups is 1. The van der Waals surface area contributed by atoms with Crippen molar-refractivity contribution in [2.24, 2.45) is 5.41 Å². The zero-order chi connectivity index (χ0) is 11.0. The van der Waals surface area contributed by atoms with Gasteiger partial charge in [-0.3, -0.25) is 4.79 Å². The Morgan fingerprint density at radius 3 is 2.88 bits per heavy atom. The molecule has 3 rings (SSSR count). The number of rotatable bonds is 2. The third-order valence-corrected chi connectivity index (χ3v) is 3.63. The number of amides is 1. The fourth-order valence-corrected chi connectivity index (χ4v) is 2.70. The first-order valence-electron chi connectivity index (χ1n) is 5.78. The Kier molecular flexibility index (Phi) is 2.21. The molecule has 3 nitrogen and oxygen atoms in total. The molecule has 2 heterocycles. The Bertz CT molecular complexity index is 404. The van der Waals surface area contributed by atoms with E-state index in [0.717, 1.165) is 25.9 Å². The van der Waals surface area contributed by atoms with Gasteiger partial charge in [0.1, 0.15) is 6.23 Å². The molecule has 0 aromatic heterocycles. The molecule has 1 N–H and O–H groups in total. The average Bonchev–Trinajstić information content (AvgIpc) is 2.32. The van der Waals surface area contributed by atoms with Gasteiger partial charge in [-0.15, -0.1) is 0 Å². The number of ether oxygens (including phenoxy) is 1. The summed E-state index contributed by atoms with van der Waals surface area (Å²) in [4.78, 5) is 11.8. The van der Waals surface area contributed by atoms with Crippen LogP contribution in [0.5, 0.6) is 0 Å². The molecule has 2 aliphatic rings. The van der Waals surface area contributed by atoms with E-state index in [-0.39, 0.29) is 17.6 Å². The lowest BCUT2D eigenvalue weighted by Crippen LogP contribution is -2.70. The van der Waals surface area contributed by atoms with Crippen molar-refractivity contribution in [3.8, 4) is 0 Å². The van der Waals surface area contributed by atoms with E-state index >= 15 is 0 Å². The maximum atomic E-state index is 11.8. The van der Waals surface area contributed by atoms with Gasteiger partial charge in [0.15, 0.2) is 0 Å². The van der Waals surface area contributed by atoms with Gasteiger partial charge in [-0.05, 0) is 24.8 Å². The van der Waals surface area contributed by atoms with Crippen molar-refractivity contribution in [1.29, 1.82) is 0 Å². The first-order chi connectivity index (χ1) is 7.81. The Balaban J connectivity index is 1.84. The Morgan fingerprint density at radius 2 is 2.19 bits per heavy atom. The molecule has 1 aromatic carbocycles. The molecule has 0 aliphatic carbocycles. The quantitative estimate of drug-likeness (QED) is 0.762. The number of hydrogen-bond donors (Lipinski definition) is 1. The van der Waals surface area contributed by atoms with Gasteiger partial charge in [0.25, 0.3) is 0 Å². The van der Waals surface area contributed by atoms with Crippen molar-refractivity contribution in [2.45, 2.75) is 25.5 Å². The number of nitrogens with one attached hydrogen (secondary N) is 1. The summed E-state index contributed by atoms with van der Waals surface area (Å²) in [7, 11) is 0. The maximum absolute atomic E-state index is 11.8. The summed E-state index contributed by atoms with van der Waals surface area (Å²) in [5.41, 5.74) is 0.924. The van der Waals surface area contributed by atoms with Crippen molar-refractivity contribution in [1.82, 2.24) is 5.32 Å². The molecule has 0 bridgehead atoms. The van der Waals surface area contributed by atoms with Crippen molar-refractivity contribution in [3.63, 3.8) is 0 Å². The van der Waals surface area contributed by atoms with Crippen LogP contribution < -0.4 is 5.32 Å². The summed E-state index contributed by atoms with van der Waals surface area (Å²) in [5, 5.41) is 2.84.